The van der Waals surface area contributed by atoms with Crippen LogP contribution in [0.15, 0.2) is 0 Å². The molecule has 13 rings (SSSR count). The second-order valence-corrected chi connectivity index (χ2v) is 28.1. The zero-order chi connectivity index (χ0) is 75.2. The van der Waals surface area contributed by atoms with Crippen LogP contribution in [0.1, 0.15) is 159 Å². The van der Waals surface area contributed by atoms with Crippen LogP contribution in [0, 0.1) is 11.8 Å². The molecule has 0 saturated carbocycles. The number of hydrogen-bond donors (Lipinski definition) is 17. The summed E-state index contributed by atoms with van der Waals surface area (Å²) in [7, 11) is 11.6. The number of alkyl halides is 3. The lowest BCUT2D eigenvalue weighted by atomic mass is 9.94. The minimum Gasteiger partial charge on any atom is -0.392 e. The van der Waals surface area contributed by atoms with E-state index in [1.165, 1.54) is 188 Å². The lowest BCUT2D eigenvalue weighted by Crippen LogP contribution is -2.47. The summed E-state index contributed by atoms with van der Waals surface area (Å²) < 4.78 is 50.7. The van der Waals surface area contributed by atoms with Crippen molar-refractivity contribution in [3.63, 3.8) is 0 Å². The molecule has 0 spiro atoms. The molecule has 26 heteroatoms. The average Bonchev–Trinajstić information content (AvgIpc) is 1.84. The van der Waals surface area contributed by atoms with Gasteiger partial charge in [0.05, 0.1) is 38.1 Å². The Labute approximate surface area is 628 Å². The topological polar surface area (TPSA) is 250 Å². The fourth-order valence-electron chi connectivity index (χ4n) is 10.6. The minimum absolute atomic E-state index is 0. The van der Waals surface area contributed by atoms with Crippen LogP contribution in [0.25, 0.3) is 0 Å². The van der Waals surface area contributed by atoms with Crippen LogP contribution in [0.2, 0.25) is 0 Å². The van der Waals surface area contributed by atoms with Crippen molar-refractivity contribution in [2.45, 2.75) is 196 Å². The van der Waals surface area contributed by atoms with Crippen molar-refractivity contribution < 1.29 is 32.5 Å². The predicted molar refractivity (Wildman–Crippen MR) is 435 cm³/mol. The summed E-state index contributed by atoms with van der Waals surface area (Å²) in [6, 6.07) is 0.729. The maximum Gasteiger partial charge on any atom is 0.261 e. The van der Waals surface area contributed by atoms with Gasteiger partial charge in [0.2, 0.25) is 0 Å². The van der Waals surface area contributed by atoms with Gasteiger partial charge in [0.15, 0.2) is 0 Å². The number of halogens is 3. The number of hydrogen-bond acceptors (Lipinski definition) is 23. The summed E-state index contributed by atoms with van der Waals surface area (Å²) in [6.07, 6.45) is 18.0. The number of aliphatic hydroxyl groups is 1. The van der Waals surface area contributed by atoms with Crippen LogP contribution in [-0.2, 0) is 14.2 Å². The van der Waals surface area contributed by atoms with Crippen molar-refractivity contribution >= 4 is 0 Å². The van der Waals surface area contributed by atoms with Gasteiger partial charge in [-0.3, -0.25) is 4.90 Å². The molecule has 0 aromatic rings. The first kappa shape index (κ1) is 107. The molecule has 0 aromatic heterocycles. The molecule has 4 unspecified atom stereocenters. The molecule has 13 saturated heterocycles. The Balaban J connectivity index is -0.000000504. The number of rotatable bonds is 9. The van der Waals surface area contributed by atoms with E-state index in [9.17, 15) is 13.2 Å². The quantitative estimate of drug-likeness (QED) is 0.143. The summed E-state index contributed by atoms with van der Waals surface area (Å²) >= 11 is 0. The van der Waals surface area contributed by atoms with Gasteiger partial charge in [0, 0.05) is 138 Å². The maximum atomic E-state index is 11.9. The lowest BCUT2D eigenvalue weighted by molar-refractivity contribution is 0.0237. The minimum atomic E-state index is -2.42. The summed E-state index contributed by atoms with van der Waals surface area (Å²) in [5.74, 6) is -0.613. The third kappa shape index (κ3) is 84.5. The van der Waals surface area contributed by atoms with E-state index in [-0.39, 0.29) is 26.5 Å². The Kier molecular flexibility index (Phi) is 89.8. The second kappa shape index (κ2) is 85.5. The highest BCUT2D eigenvalue weighted by Crippen LogP contribution is 2.20. The summed E-state index contributed by atoms with van der Waals surface area (Å²) in [6.45, 7) is 58.2. The van der Waals surface area contributed by atoms with E-state index in [1.807, 2.05) is 14.1 Å². The molecular formula is C76H176F3N19O4. The Morgan fingerprint density at radius 3 is 1.11 bits per heavy atom. The number of piperazine rings is 2. The lowest BCUT2D eigenvalue weighted by Gasteiger charge is -2.30. The SMILES string of the molecule is C.C1CCNC1.C1CCNCC1.C1CNC1.C1COCCN1.CC(C)N1CCNCC1.CC1CNCC(C)C1.CCCNCCC.CCNCC.CN1CCCNCC1.CN1CCNCC1.CNC.COC1CCNCC1.COC1CNC1.FC1(F)CCNC1.FC1CCNC1.OC1CCNC1. The molecular weight excluding hydrogens is 1300 g/mol. The van der Waals surface area contributed by atoms with Crippen LogP contribution in [0.4, 0.5) is 13.2 Å². The maximum absolute atomic E-state index is 11.9. The molecule has 4 atom stereocenters. The molecule has 17 N–H and O–H groups in total. The summed E-state index contributed by atoms with van der Waals surface area (Å²) in [5, 5.41) is 58.7. The first-order valence-electron chi connectivity index (χ1n) is 40.6. The van der Waals surface area contributed by atoms with E-state index < -0.39 is 12.1 Å². The number of piperidine rings is 3. The van der Waals surface area contributed by atoms with Gasteiger partial charge in [-0.25, -0.2) is 13.2 Å². The van der Waals surface area contributed by atoms with Gasteiger partial charge in [-0.15, -0.1) is 0 Å². The van der Waals surface area contributed by atoms with E-state index in [2.05, 4.69) is 169 Å². The molecule has 620 valence electrons. The predicted octanol–water partition coefficient (Wildman–Crippen LogP) is 4.45. The number of methoxy groups -OCH3 is 2. The van der Waals surface area contributed by atoms with Crippen molar-refractivity contribution in [1.29, 1.82) is 0 Å². The van der Waals surface area contributed by atoms with Gasteiger partial charge in [0.1, 0.15) is 6.17 Å². The van der Waals surface area contributed by atoms with E-state index in [0.29, 0.717) is 31.7 Å². The van der Waals surface area contributed by atoms with Crippen molar-refractivity contribution in [2.24, 2.45) is 11.8 Å². The van der Waals surface area contributed by atoms with Gasteiger partial charge in [0.25, 0.3) is 5.92 Å². The molecule has 13 aliphatic heterocycles. The van der Waals surface area contributed by atoms with Crippen molar-refractivity contribution in [2.75, 3.05) is 291 Å². The summed E-state index contributed by atoms with van der Waals surface area (Å²) in [4.78, 5) is 7.19. The molecule has 0 radical (unpaired) electrons. The monoisotopic (exact) mass is 1480 g/mol. The number of nitrogens with one attached hydrogen (secondary N) is 16. The molecule has 23 nitrogen and oxygen atoms in total. The first-order chi connectivity index (χ1) is 49.0. The zero-order valence-corrected chi connectivity index (χ0v) is 68.2. The Morgan fingerprint density at radius 2 is 0.882 bits per heavy atom. The average molecular weight is 1480 g/mol. The number of likely N-dealkylation sites (N-methyl/N-ethyl adjacent to an activating group) is 2. The number of aliphatic hydroxyl groups excluding tert-OH is 1. The van der Waals surface area contributed by atoms with Crippen LogP contribution in [0.3, 0.4) is 0 Å². The highest BCUT2D eigenvalue weighted by molar-refractivity contribution is 4.78. The summed E-state index contributed by atoms with van der Waals surface area (Å²) in [5.41, 5.74) is 0. The largest absolute Gasteiger partial charge is 0.392 e. The molecule has 13 fully saturated rings. The van der Waals surface area contributed by atoms with Crippen LogP contribution in [0.5, 0.6) is 0 Å². The Morgan fingerprint density at radius 1 is 0.471 bits per heavy atom. The van der Waals surface area contributed by atoms with Gasteiger partial charge >= 0.3 is 0 Å². The van der Waals surface area contributed by atoms with E-state index >= 15 is 0 Å². The molecule has 0 bridgehead atoms. The van der Waals surface area contributed by atoms with Gasteiger partial charge < -0.3 is 114 Å². The van der Waals surface area contributed by atoms with Gasteiger partial charge in [-0.05, 0) is 255 Å². The number of morpholine rings is 1. The molecule has 13 heterocycles. The van der Waals surface area contributed by atoms with Crippen LogP contribution >= 0.6 is 0 Å². The van der Waals surface area contributed by atoms with E-state index in [1.54, 1.807) is 14.2 Å². The molecule has 0 amide bonds. The van der Waals surface area contributed by atoms with E-state index in [0.717, 1.165) is 142 Å². The Hall–Kier alpha value is -1.13. The normalized spacial score (nSPS) is 24.3. The van der Waals surface area contributed by atoms with Crippen molar-refractivity contribution in [1.82, 2.24) is 99.8 Å². The molecule has 102 heavy (non-hydrogen) atoms. The molecule has 0 aliphatic carbocycles. The van der Waals surface area contributed by atoms with Gasteiger partial charge in [-0.2, -0.15) is 0 Å². The van der Waals surface area contributed by atoms with Crippen molar-refractivity contribution in [3.05, 3.63) is 0 Å². The third-order valence-electron chi connectivity index (χ3n) is 17.4. The zero-order valence-electron chi connectivity index (χ0n) is 68.2. The standard InChI is InChI=1S/C7H16N2.C7H15N.C6H14N2.C6H13NO.C6H15N.C5H12N2.C5H11N.C4H7F2N.C4H8FN.3C4H9NO.C4H9N.C4H11N.C3H7N.C2H7N.CH4/c1-7(2)9-5-3-8-4-6-9;1-6-3-7(2)5-8-4-6;1-8-5-2-3-7-4-6-8;1-8-6-2-4-7-5-3-6;1-3-5-7-6-4-2;1-7-4-2-6-3-5-7;1-2-4-6-5-3-1;5-4(6)1-2-7-3-4;5-4-1-2-6-3-4;1-6-4-2-5-3-4;1-3-6-4-2-5-1;6-4-1-2-5-3-4;1-2-4-5-3-1;1-3-5-4-2;1-2-4-3-1;1-3-2;/h7-8H,3-6H2,1-2H3;6-8H,3-5H2,1-2H3;7H,2-6H2,1H3;6-7H,2-5H2,1H3;7H,3-6H2,1-2H3;6H,2-5H2,1H3;6H,1-5H2;7H,1-3H2;4,6H,1-3H2;4-5H,2-3H2,1H3;5H,1-4H2;4-6H,1-3H2;5H,1-4H2;5H,3-4H2,1-2H3;4H,1-3H2;3H,1-2H3;1H4. The third-order valence-corrected chi connectivity index (χ3v) is 17.4. The number of nitrogens with zero attached hydrogens (tertiary/aromatic N) is 3. The van der Waals surface area contributed by atoms with Crippen molar-refractivity contribution in [3.8, 4) is 0 Å². The highest BCUT2D eigenvalue weighted by Gasteiger charge is 2.32. The Bertz CT molecular complexity index is 1420. The van der Waals surface area contributed by atoms with Gasteiger partial charge in [-0.1, -0.05) is 55.4 Å². The fraction of sp³-hybridized carbons (Fsp3) is 1.00. The van der Waals surface area contributed by atoms with Crippen LogP contribution < -0.4 is 85.1 Å². The smallest absolute Gasteiger partial charge is 0.261 e. The van der Waals surface area contributed by atoms with E-state index in [4.69, 9.17) is 19.3 Å². The molecule has 0 aromatic carbocycles. The molecule has 13 aliphatic rings. The fourth-order valence-corrected chi connectivity index (χ4v) is 10.6. The number of ether oxygens (including phenoxy) is 3. The first-order valence-corrected chi connectivity index (χ1v) is 40.6. The second-order valence-electron chi connectivity index (χ2n) is 28.1. The number of β-amino-alcohol motifs (C(OH)–C–C–N with tert-alkyl or cyclic N) is 1. The highest BCUT2D eigenvalue weighted by atomic mass is 19.3. The van der Waals surface area contributed by atoms with Crippen LogP contribution in [-0.4, -0.2) is 347 Å².